The molecule has 1 N–H and O–H groups in total. The van der Waals surface area contributed by atoms with Crippen molar-refractivity contribution in [3.63, 3.8) is 0 Å². The maximum Gasteiger partial charge on any atom is 0.0666 e. The molecule has 2 heterocycles. The van der Waals surface area contributed by atoms with E-state index < -0.39 is 0 Å². The SMILES string of the molecule is CCc1nn(C)cc1CN1CCN(CCO)CC1. The smallest absolute Gasteiger partial charge is 0.0666 e. The Hall–Kier alpha value is -0.910. The van der Waals surface area contributed by atoms with Crippen molar-refractivity contribution in [1.29, 1.82) is 0 Å². The fraction of sp³-hybridized carbons (Fsp3) is 0.769. The molecule has 5 nitrogen and oxygen atoms in total. The van der Waals surface area contributed by atoms with Gasteiger partial charge in [0.15, 0.2) is 0 Å². The summed E-state index contributed by atoms with van der Waals surface area (Å²) >= 11 is 0. The van der Waals surface area contributed by atoms with Crippen LogP contribution in [-0.4, -0.2) is 64.0 Å². The highest BCUT2D eigenvalue weighted by Gasteiger charge is 2.18. The Kier molecular flexibility index (Phi) is 4.74. The largest absolute Gasteiger partial charge is 0.395 e. The minimum absolute atomic E-state index is 0.266. The number of β-amino-alcohol motifs (C(OH)–C–C–N with tert-alkyl or cyclic N) is 1. The van der Waals surface area contributed by atoms with E-state index in [-0.39, 0.29) is 6.61 Å². The van der Waals surface area contributed by atoms with Gasteiger partial charge in [-0.25, -0.2) is 0 Å². The van der Waals surface area contributed by atoms with Crippen LogP contribution in [0.2, 0.25) is 0 Å². The van der Waals surface area contributed by atoms with Crippen LogP contribution in [0.5, 0.6) is 0 Å². The highest BCUT2D eigenvalue weighted by atomic mass is 16.3. The lowest BCUT2D eigenvalue weighted by molar-refractivity contribution is 0.108. The summed E-state index contributed by atoms with van der Waals surface area (Å²) in [7, 11) is 1.99. The van der Waals surface area contributed by atoms with Crippen molar-refractivity contribution in [3.05, 3.63) is 17.5 Å². The highest BCUT2D eigenvalue weighted by molar-refractivity contribution is 5.16. The molecule has 0 unspecified atom stereocenters. The lowest BCUT2D eigenvalue weighted by Gasteiger charge is -2.34. The van der Waals surface area contributed by atoms with Gasteiger partial charge >= 0.3 is 0 Å². The molecule has 0 spiro atoms. The maximum atomic E-state index is 8.92. The van der Waals surface area contributed by atoms with Crippen molar-refractivity contribution >= 4 is 0 Å². The zero-order valence-electron chi connectivity index (χ0n) is 11.5. The fourth-order valence-corrected chi connectivity index (χ4v) is 2.57. The second-order valence-corrected chi connectivity index (χ2v) is 4.97. The van der Waals surface area contributed by atoms with Gasteiger partial charge in [0, 0.05) is 58.1 Å². The van der Waals surface area contributed by atoms with Crippen LogP contribution in [0.25, 0.3) is 0 Å². The summed E-state index contributed by atoms with van der Waals surface area (Å²) in [6, 6.07) is 0. The van der Waals surface area contributed by atoms with Crippen molar-refractivity contribution in [3.8, 4) is 0 Å². The summed E-state index contributed by atoms with van der Waals surface area (Å²) in [5.41, 5.74) is 2.57. The van der Waals surface area contributed by atoms with Crippen molar-refractivity contribution in [2.45, 2.75) is 19.9 Å². The lowest BCUT2D eigenvalue weighted by Crippen LogP contribution is -2.46. The summed E-state index contributed by atoms with van der Waals surface area (Å²) in [5.74, 6) is 0. The van der Waals surface area contributed by atoms with Gasteiger partial charge in [0.25, 0.3) is 0 Å². The first-order valence-corrected chi connectivity index (χ1v) is 6.80. The Labute approximate surface area is 109 Å². The van der Waals surface area contributed by atoms with Gasteiger partial charge in [-0.15, -0.1) is 0 Å². The van der Waals surface area contributed by atoms with Crippen LogP contribution in [0.4, 0.5) is 0 Å². The molecule has 1 aromatic rings. The van der Waals surface area contributed by atoms with E-state index in [1.54, 1.807) is 0 Å². The van der Waals surface area contributed by atoms with Gasteiger partial charge in [-0.3, -0.25) is 14.5 Å². The third kappa shape index (κ3) is 3.31. The van der Waals surface area contributed by atoms with E-state index in [1.807, 2.05) is 11.7 Å². The van der Waals surface area contributed by atoms with Crippen molar-refractivity contribution in [1.82, 2.24) is 19.6 Å². The molecular formula is C13H24N4O. The average molecular weight is 252 g/mol. The van der Waals surface area contributed by atoms with Crippen LogP contribution in [0.15, 0.2) is 6.20 Å². The number of aliphatic hydroxyl groups excluding tert-OH is 1. The zero-order chi connectivity index (χ0) is 13.0. The van der Waals surface area contributed by atoms with Crippen molar-refractivity contribution in [2.75, 3.05) is 39.3 Å². The summed E-state index contributed by atoms with van der Waals surface area (Å²) in [6.07, 6.45) is 3.14. The lowest BCUT2D eigenvalue weighted by atomic mass is 10.2. The van der Waals surface area contributed by atoms with Crippen molar-refractivity contribution in [2.24, 2.45) is 7.05 Å². The van der Waals surface area contributed by atoms with Gasteiger partial charge in [0.05, 0.1) is 12.3 Å². The summed E-state index contributed by atoms with van der Waals surface area (Å²) in [6.45, 7) is 8.51. The van der Waals surface area contributed by atoms with Gasteiger partial charge in [-0.1, -0.05) is 6.92 Å². The molecule has 1 aromatic heterocycles. The molecule has 102 valence electrons. The second-order valence-electron chi connectivity index (χ2n) is 4.97. The van der Waals surface area contributed by atoms with E-state index >= 15 is 0 Å². The van der Waals surface area contributed by atoms with Crippen LogP contribution in [-0.2, 0) is 20.0 Å². The van der Waals surface area contributed by atoms with E-state index in [4.69, 9.17) is 5.11 Å². The molecule has 0 aliphatic carbocycles. The van der Waals surface area contributed by atoms with Gasteiger partial charge in [0.1, 0.15) is 0 Å². The number of aliphatic hydroxyl groups is 1. The Balaban J connectivity index is 1.87. The standard InChI is InChI=1S/C13H24N4O/c1-3-13-12(10-15(2)14-13)11-17-6-4-16(5-7-17)8-9-18/h10,18H,3-9,11H2,1-2H3. The molecule has 2 rings (SSSR count). The quantitative estimate of drug-likeness (QED) is 0.807. The summed E-state index contributed by atoms with van der Waals surface area (Å²) in [4.78, 5) is 4.80. The Bertz CT molecular complexity index is 369. The third-order valence-corrected chi connectivity index (χ3v) is 3.60. The minimum Gasteiger partial charge on any atom is -0.395 e. The Morgan fingerprint density at radius 3 is 2.50 bits per heavy atom. The molecule has 0 amide bonds. The molecule has 1 saturated heterocycles. The van der Waals surface area contributed by atoms with Crippen LogP contribution < -0.4 is 0 Å². The van der Waals surface area contributed by atoms with Crippen LogP contribution >= 0.6 is 0 Å². The van der Waals surface area contributed by atoms with Crippen LogP contribution in [0.3, 0.4) is 0 Å². The fourth-order valence-electron chi connectivity index (χ4n) is 2.57. The first-order valence-electron chi connectivity index (χ1n) is 6.80. The molecule has 1 aliphatic rings. The summed E-state index contributed by atoms with van der Waals surface area (Å²) in [5, 5.41) is 13.4. The van der Waals surface area contributed by atoms with Gasteiger partial charge in [-0.05, 0) is 6.42 Å². The van der Waals surface area contributed by atoms with E-state index in [2.05, 4.69) is 28.0 Å². The zero-order valence-corrected chi connectivity index (χ0v) is 11.5. The molecular weight excluding hydrogens is 228 g/mol. The number of piperazine rings is 1. The molecule has 0 atom stereocenters. The highest BCUT2D eigenvalue weighted by Crippen LogP contribution is 2.12. The molecule has 5 heteroatoms. The predicted molar refractivity (Wildman–Crippen MR) is 71.4 cm³/mol. The number of hydrogen-bond donors (Lipinski definition) is 1. The van der Waals surface area contributed by atoms with E-state index in [1.165, 1.54) is 11.3 Å². The Morgan fingerprint density at radius 2 is 1.89 bits per heavy atom. The monoisotopic (exact) mass is 252 g/mol. The van der Waals surface area contributed by atoms with Gasteiger partial charge in [0.2, 0.25) is 0 Å². The molecule has 1 fully saturated rings. The van der Waals surface area contributed by atoms with Crippen LogP contribution in [0, 0.1) is 0 Å². The first kappa shape index (κ1) is 13.5. The predicted octanol–water partition coefficient (Wildman–Crippen LogP) is 0.0924. The molecule has 0 aromatic carbocycles. The number of rotatable bonds is 5. The normalized spacial score (nSPS) is 18.4. The van der Waals surface area contributed by atoms with Crippen molar-refractivity contribution < 1.29 is 5.11 Å². The molecule has 1 aliphatic heterocycles. The third-order valence-electron chi connectivity index (χ3n) is 3.60. The number of nitrogens with zero attached hydrogens (tertiary/aromatic N) is 4. The second kappa shape index (κ2) is 6.31. The van der Waals surface area contributed by atoms with Gasteiger partial charge in [-0.2, -0.15) is 5.10 Å². The minimum atomic E-state index is 0.266. The summed E-state index contributed by atoms with van der Waals surface area (Å²) < 4.78 is 1.91. The number of aromatic nitrogens is 2. The number of hydrogen-bond acceptors (Lipinski definition) is 4. The van der Waals surface area contributed by atoms with Crippen LogP contribution in [0.1, 0.15) is 18.2 Å². The Morgan fingerprint density at radius 1 is 1.22 bits per heavy atom. The van der Waals surface area contributed by atoms with Gasteiger partial charge < -0.3 is 5.11 Å². The molecule has 0 bridgehead atoms. The molecule has 0 saturated carbocycles. The topological polar surface area (TPSA) is 44.5 Å². The van der Waals surface area contributed by atoms with E-state index in [0.29, 0.717) is 0 Å². The average Bonchev–Trinajstić information content (AvgIpc) is 2.72. The maximum absolute atomic E-state index is 8.92. The molecule has 0 radical (unpaired) electrons. The van der Waals surface area contributed by atoms with E-state index in [9.17, 15) is 0 Å². The van der Waals surface area contributed by atoms with E-state index in [0.717, 1.165) is 45.7 Å². The molecule has 18 heavy (non-hydrogen) atoms. The number of aryl methyl sites for hydroxylation is 2. The first-order chi connectivity index (χ1) is 8.72.